The van der Waals surface area contributed by atoms with Crippen LogP contribution in [-0.4, -0.2) is 53.8 Å². The highest BCUT2D eigenvalue weighted by molar-refractivity contribution is 6.00. The van der Waals surface area contributed by atoms with E-state index in [0.29, 0.717) is 17.0 Å². The van der Waals surface area contributed by atoms with Gasteiger partial charge in [0.15, 0.2) is 0 Å². The second kappa shape index (κ2) is 7.47. The molecule has 1 saturated heterocycles. The van der Waals surface area contributed by atoms with Crippen LogP contribution in [0.2, 0.25) is 0 Å². The summed E-state index contributed by atoms with van der Waals surface area (Å²) in [7, 11) is 0. The number of tetrazole rings is 1. The van der Waals surface area contributed by atoms with E-state index in [9.17, 15) is 4.79 Å². The molecule has 0 bridgehead atoms. The van der Waals surface area contributed by atoms with Crippen molar-refractivity contribution in [3.05, 3.63) is 48.3 Å². The standard InChI is InChI=1S/C18H21N7O/c26-18(16-8-2-1-7-15(16)17-20-22-23-21-17)25-12-4-3-6-14(25)9-13-24-11-5-10-19-24/h1-2,5,7-8,10-11,14H,3-4,6,9,12-13H2,(H,20,21,22,23)/t14-/m1/s1. The molecule has 3 heterocycles. The van der Waals surface area contributed by atoms with Crippen molar-refractivity contribution in [2.45, 2.75) is 38.3 Å². The molecule has 1 aliphatic heterocycles. The first kappa shape index (κ1) is 16.4. The van der Waals surface area contributed by atoms with Crippen molar-refractivity contribution < 1.29 is 4.79 Å². The molecule has 1 amide bonds. The summed E-state index contributed by atoms with van der Waals surface area (Å²) in [6, 6.07) is 9.60. The minimum absolute atomic E-state index is 0.0376. The fourth-order valence-electron chi connectivity index (χ4n) is 3.58. The molecule has 26 heavy (non-hydrogen) atoms. The van der Waals surface area contributed by atoms with E-state index in [1.165, 1.54) is 0 Å². The highest BCUT2D eigenvalue weighted by Gasteiger charge is 2.29. The molecule has 8 nitrogen and oxygen atoms in total. The number of rotatable bonds is 5. The molecule has 2 aromatic heterocycles. The van der Waals surface area contributed by atoms with Crippen molar-refractivity contribution in [2.75, 3.05) is 6.54 Å². The van der Waals surface area contributed by atoms with Crippen LogP contribution < -0.4 is 0 Å². The number of H-pyrrole nitrogens is 1. The summed E-state index contributed by atoms with van der Waals surface area (Å²) in [5, 5.41) is 18.4. The van der Waals surface area contributed by atoms with Crippen LogP contribution in [0.1, 0.15) is 36.0 Å². The van der Waals surface area contributed by atoms with Crippen LogP contribution in [0, 0.1) is 0 Å². The summed E-state index contributed by atoms with van der Waals surface area (Å²) in [5.41, 5.74) is 1.34. The molecule has 1 aliphatic rings. The fraction of sp³-hybridized carbons (Fsp3) is 0.389. The number of hydrogen-bond donors (Lipinski definition) is 1. The average molecular weight is 351 g/mol. The van der Waals surface area contributed by atoms with Crippen LogP contribution in [0.3, 0.4) is 0 Å². The van der Waals surface area contributed by atoms with Crippen molar-refractivity contribution in [3.8, 4) is 11.4 Å². The highest BCUT2D eigenvalue weighted by atomic mass is 16.2. The second-order valence-corrected chi connectivity index (χ2v) is 6.49. The summed E-state index contributed by atoms with van der Waals surface area (Å²) in [6.45, 7) is 1.59. The Morgan fingerprint density at radius 3 is 2.96 bits per heavy atom. The van der Waals surface area contributed by atoms with Crippen molar-refractivity contribution in [2.24, 2.45) is 0 Å². The first-order chi connectivity index (χ1) is 12.8. The van der Waals surface area contributed by atoms with Gasteiger partial charge in [0, 0.05) is 37.1 Å². The summed E-state index contributed by atoms with van der Waals surface area (Å²) >= 11 is 0. The van der Waals surface area contributed by atoms with E-state index in [1.54, 1.807) is 6.20 Å². The van der Waals surface area contributed by atoms with Crippen LogP contribution >= 0.6 is 0 Å². The lowest BCUT2D eigenvalue weighted by molar-refractivity contribution is 0.0594. The summed E-state index contributed by atoms with van der Waals surface area (Å²) in [5.74, 6) is 0.481. The maximum Gasteiger partial charge on any atom is 0.254 e. The van der Waals surface area contributed by atoms with Gasteiger partial charge in [-0.25, -0.2) is 0 Å². The Morgan fingerprint density at radius 1 is 1.23 bits per heavy atom. The van der Waals surface area contributed by atoms with Gasteiger partial charge in [-0.3, -0.25) is 9.48 Å². The third-order valence-electron chi connectivity index (χ3n) is 4.88. The summed E-state index contributed by atoms with van der Waals surface area (Å²) < 4.78 is 1.92. The largest absolute Gasteiger partial charge is 0.336 e. The Hall–Kier alpha value is -3.03. The number of benzene rings is 1. The van der Waals surface area contributed by atoms with E-state index in [4.69, 9.17) is 0 Å². The topological polar surface area (TPSA) is 92.6 Å². The van der Waals surface area contributed by atoms with Gasteiger partial charge >= 0.3 is 0 Å². The maximum atomic E-state index is 13.3. The van der Waals surface area contributed by atoms with E-state index in [1.807, 2.05) is 46.1 Å². The smallest absolute Gasteiger partial charge is 0.254 e. The third kappa shape index (κ3) is 3.35. The van der Waals surface area contributed by atoms with Crippen LogP contribution in [0.5, 0.6) is 0 Å². The highest BCUT2D eigenvalue weighted by Crippen LogP contribution is 2.26. The van der Waals surface area contributed by atoms with Gasteiger partial charge in [-0.15, -0.1) is 10.2 Å². The van der Waals surface area contributed by atoms with Crippen LogP contribution in [-0.2, 0) is 6.54 Å². The lowest BCUT2D eigenvalue weighted by Crippen LogP contribution is -2.44. The summed E-state index contributed by atoms with van der Waals surface area (Å²) in [4.78, 5) is 15.3. The molecule has 1 atom stereocenters. The quantitative estimate of drug-likeness (QED) is 0.760. The van der Waals surface area contributed by atoms with Gasteiger partial charge in [0.2, 0.25) is 5.82 Å². The van der Waals surface area contributed by atoms with Gasteiger partial charge in [-0.05, 0) is 43.0 Å². The molecule has 0 radical (unpaired) electrons. The monoisotopic (exact) mass is 351 g/mol. The van der Waals surface area contributed by atoms with Gasteiger partial charge in [0.05, 0.1) is 5.56 Å². The molecular weight excluding hydrogens is 330 g/mol. The molecule has 0 aliphatic carbocycles. The van der Waals surface area contributed by atoms with Crippen LogP contribution in [0.15, 0.2) is 42.7 Å². The zero-order chi connectivity index (χ0) is 17.8. The molecule has 1 N–H and O–H groups in total. The molecule has 3 aromatic rings. The Morgan fingerprint density at radius 2 is 2.15 bits per heavy atom. The van der Waals surface area contributed by atoms with E-state index >= 15 is 0 Å². The number of aromatic nitrogens is 6. The van der Waals surface area contributed by atoms with E-state index < -0.39 is 0 Å². The zero-order valence-electron chi connectivity index (χ0n) is 14.5. The van der Waals surface area contributed by atoms with Crippen molar-refractivity contribution in [1.82, 2.24) is 35.3 Å². The number of aryl methyl sites for hydroxylation is 1. The Bertz CT molecular complexity index is 844. The number of carbonyl (C=O) groups excluding carboxylic acids is 1. The van der Waals surface area contributed by atoms with Crippen molar-refractivity contribution in [1.29, 1.82) is 0 Å². The van der Waals surface area contributed by atoms with Gasteiger partial charge in [0.25, 0.3) is 5.91 Å². The number of nitrogens with zero attached hydrogens (tertiary/aromatic N) is 6. The first-order valence-electron chi connectivity index (χ1n) is 8.94. The van der Waals surface area contributed by atoms with Crippen molar-refractivity contribution >= 4 is 5.91 Å². The normalized spacial score (nSPS) is 17.4. The van der Waals surface area contributed by atoms with Gasteiger partial charge in [-0.1, -0.05) is 18.2 Å². The molecule has 1 fully saturated rings. The Balaban J connectivity index is 1.56. The number of carbonyl (C=O) groups is 1. The average Bonchev–Trinajstić information content (AvgIpc) is 3.40. The number of nitrogens with one attached hydrogen (secondary N) is 1. The molecule has 0 unspecified atom stereocenters. The van der Waals surface area contributed by atoms with E-state index in [-0.39, 0.29) is 11.9 Å². The van der Waals surface area contributed by atoms with Crippen molar-refractivity contribution in [3.63, 3.8) is 0 Å². The molecular formula is C18H21N7O. The number of amides is 1. The van der Waals surface area contributed by atoms with E-state index in [0.717, 1.165) is 38.8 Å². The fourth-order valence-corrected chi connectivity index (χ4v) is 3.58. The van der Waals surface area contributed by atoms with Crippen LogP contribution in [0.25, 0.3) is 11.4 Å². The SMILES string of the molecule is O=C(c1ccccc1-c1nn[nH]n1)N1CCCC[C@@H]1CCn1cccn1. The molecule has 134 valence electrons. The predicted octanol–water partition coefficient (Wildman–Crippen LogP) is 2.15. The number of likely N-dealkylation sites (tertiary alicyclic amines) is 1. The zero-order valence-corrected chi connectivity index (χ0v) is 14.5. The van der Waals surface area contributed by atoms with Gasteiger partial charge < -0.3 is 4.90 Å². The molecule has 4 rings (SSSR count). The maximum absolute atomic E-state index is 13.3. The summed E-state index contributed by atoms with van der Waals surface area (Å²) in [6.07, 6.45) is 7.86. The lowest BCUT2D eigenvalue weighted by atomic mass is 9.97. The first-order valence-corrected chi connectivity index (χ1v) is 8.94. The number of piperidine rings is 1. The minimum atomic E-state index is 0.0376. The van der Waals surface area contributed by atoms with E-state index in [2.05, 4.69) is 25.7 Å². The Kier molecular flexibility index (Phi) is 4.72. The van der Waals surface area contributed by atoms with Gasteiger partial charge in [0.1, 0.15) is 0 Å². The molecule has 0 saturated carbocycles. The number of hydrogen-bond acceptors (Lipinski definition) is 5. The third-order valence-corrected chi connectivity index (χ3v) is 4.88. The van der Waals surface area contributed by atoms with Crippen LogP contribution in [0.4, 0.5) is 0 Å². The minimum Gasteiger partial charge on any atom is -0.336 e. The van der Waals surface area contributed by atoms with Gasteiger partial charge in [-0.2, -0.15) is 10.3 Å². The Labute approximate surface area is 151 Å². The second-order valence-electron chi connectivity index (χ2n) is 6.49. The molecule has 8 heteroatoms. The predicted molar refractivity (Wildman–Crippen MR) is 95.1 cm³/mol. The molecule has 0 spiro atoms. The lowest BCUT2D eigenvalue weighted by Gasteiger charge is -2.36. The molecule has 1 aromatic carbocycles. The number of aromatic amines is 1.